The Morgan fingerprint density at radius 1 is 0.950 bits per heavy atom. The lowest BCUT2D eigenvalue weighted by Crippen LogP contribution is -2.42. The van der Waals surface area contributed by atoms with Crippen LogP contribution in [0.4, 0.5) is 0 Å². The molecule has 0 aromatic rings. The van der Waals surface area contributed by atoms with Crippen LogP contribution in [0.15, 0.2) is 0 Å². The van der Waals surface area contributed by atoms with Gasteiger partial charge in [-0.05, 0) is 38.8 Å². The molecule has 0 aliphatic carbocycles. The summed E-state index contributed by atoms with van der Waals surface area (Å²) in [6.45, 7) is 1.38. The summed E-state index contributed by atoms with van der Waals surface area (Å²) >= 11 is 0. The Balaban J connectivity index is 3.41. The smallest absolute Gasteiger partial charge is 0.323 e. The fourth-order valence-electron chi connectivity index (χ4n) is 1.64. The number of carbonyl (C=O) groups is 2. The molecule has 8 N–H and O–H groups in total. The van der Waals surface area contributed by atoms with Gasteiger partial charge in [0.1, 0.15) is 12.1 Å². The van der Waals surface area contributed by atoms with Gasteiger partial charge in [-0.25, -0.2) is 0 Å². The second kappa shape index (κ2) is 10.6. The van der Waals surface area contributed by atoms with Crippen molar-refractivity contribution in [2.45, 2.75) is 50.3 Å². The minimum atomic E-state index is -1.24. The van der Waals surface area contributed by atoms with E-state index in [0.29, 0.717) is 25.8 Å². The van der Waals surface area contributed by atoms with Gasteiger partial charge in [0.05, 0.1) is 6.10 Å². The first-order valence-corrected chi connectivity index (χ1v) is 6.71. The lowest BCUT2D eigenvalue weighted by atomic mass is 10.1. The minimum Gasteiger partial charge on any atom is -0.480 e. The van der Waals surface area contributed by atoms with Crippen LogP contribution in [0.25, 0.3) is 0 Å². The Hall–Kier alpha value is -1.22. The molecule has 0 rings (SSSR count). The molecule has 0 heterocycles. The molecular formula is C12H25N3O5. The van der Waals surface area contributed by atoms with Gasteiger partial charge in [0.15, 0.2) is 0 Å². The molecule has 0 aliphatic rings. The second-order valence-electron chi connectivity index (χ2n) is 4.76. The number of carboxylic acids is 2. The lowest BCUT2D eigenvalue weighted by molar-refractivity contribution is -0.141. The molecule has 0 aliphatic heterocycles. The van der Waals surface area contributed by atoms with E-state index in [9.17, 15) is 14.7 Å². The molecule has 8 heteroatoms. The zero-order valence-corrected chi connectivity index (χ0v) is 11.5. The van der Waals surface area contributed by atoms with E-state index in [1.807, 2.05) is 0 Å². The Kier molecular flexibility index (Phi) is 9.91. The number of nitrogens with one attached hydrogen (secondary N) is 1. The van der Waals surface area contributed by atoms with Crippen LogP contribution in [-0.2, 0) is 9.59 Å². The minimum absolute atomic E-state index is 0.324. The van der Waals surface area contributed by atoms with Gasteiger partial charge in [0.25, 0.3) is 0 Å². The maximum Gasteiger partial charge on any atom is 0.323 e. The highest BCUT2D eigenvalue weighted by atomic mass is 16.4. The van der Waals surface area contributed by atoms with Crippen LogP contribution in [-0.4, -0.2) is 58.5 Å². The average molecular weight is 291 g/mol. The Labute approximate surface area is 118 Å². The highest BCUT2D eigenvalue weighted by molar-refractivity contribution is 5.73. The Morgan fingerprint density at radius 2 is 1.55 bits per heavy atom. The molecule has 0 aromatic carbocycles. The number of aliphatic hydroxyl groups excluding tert-OH is 1. The van der Waals surface area contributed by atoms with Crippen molar-refractivity contribution in [2.75, 3.05) is 13.1 Å². The summed E-state index contributed by atoms with van der Waals surface area (Å²) in [5, 5.41) is 29.7. The van der Waals surface area contributed by atoms with Gasteiger partial charge in [0.2, 0.25) is 0 Å². The Morgan fingerprint density at radius 3 is 2.10 bits per heavy atom. The molecule has 0 radical (unpaired) electrons. The fraction of sp³-hybridized carbons (Fsp3) is 0.833. The number of hydrogen-bond donors (Lipinski definition) is 6. The summed E-state index contributed by atoms with van der Waals surface area (Å²) in [4.78, 5) is 21.0. The molecule has 0 amide bonds. The van der Waals surface area contributed by atoms with Crippen LogP contribution in [0.5, 0.6) is 0 Å². The predicted octanol–water partition coefficient (Wildman–Crippen LogP) is -1.29. The summed E-state index contributed by atoms with van der Waals surface area (Å²) < 4.78 is 0. The number of aliphatic carboxylic acids is 2. The number of hydrogen-bond acceptors (Lipinski definition) is 6. The van der Waals surface area contributed by atoms with E-state index < -0.39 is 30.1 Å². The van der Waals surface area contributed by atoms with E-state index in [4.69, 9.17) is 21.7 Å². The summed E-state index contributed by atoms with van der Waals surface area (Å²) in [5.74, 6) is -2.19. The highest BCUT2D eigenvalue weighted by Crippen LogP contribution is 2.01. The van der Waals surface area contributed by atoms with Gasteiger partial charge in [-0.3, -0.25) is 9.59 Å². The van der Waals surface area contributed by atoms with E-state index in [2.05, 4.69) is 5.32 Å². The van der Waals surface area contributed by atoms with E-state index in [1.165, 1.54) is 0 Å². The molecule has 0 fully saturated rings. The maximum atomic E-state index is 10.5. The van der Waals surface area contributed by atoms with Crippen LogP contribution in [0, 0.1) is 0 Å². The van der Waals surface area contributed by atoms with Gasteiger partial charge in [0, 0.05) is 0 Å². The molecule has 0 saturated carbocycles. The number of aliphatic hydroxyl groups is 1. The number of nitrogens with two attached hydrogens (primary N) is 2. The Bertz CT molecular complexity index is 301. The zero-order chi connectivity index (χ0) is 15.5. The van der Waals surface area contributed by atoms with Gasteiger partial charge in [-0.1, -0.05) is 6.42 Å². The van der Waals surface area contributed by atoms with Gasteiger partial charge in [-0.2, -0.15) is 0 Å². The summed E-state index contributed by atoms with van der Waals surface area (Å²) in [7, 11) is 0. The lowest BCUT2D eigenvalue weighted by Gasteiger charge is -2.14. The second-order valence-corrected chi connectivity index (χ2v) is 4.76. The standard InChI is InChI=1S/C12H25N3O5/c13-8(11(17)18)4-1-2-6-15-7-3-5-9(16)10(14)12(19)20/h8-10,15-16H,1-7,13-14H2,(H,17,18)(H,19,20)/t8?,9?,10-/m0/s1. The molecule has 0 bridgehead atoms. The first kappa shape index (κ1) is 18.8. The molecule has 3 atom stereocenters. The van der Waals surface area contributed by atoms with E-state index in [0.717, 1.165) is 19.4 Å². The largest absolute Gasteiger partial charge is 0.480 e. The monoisotopic (exact) mass is 291 g/mol. The molecular weight excluding hydrogens is 266 g/mol. The number of unbranched alkanes of at least 4 members (excludes halogenated alkanes) is 1. The third-order valence-electron chi connectivity index (χ3n) is 2.99. The third-order valence-corrected chi connectivity index (χ3v) is 2.99. The van der Waals surface area contributed by atoms with Crippen LogP contribution < -0.4 is 16.8 Å². The van der Waals surface area contributed by atoms with E-state index in [-0.39, 0.29) is 0 Å². The van der Waals surface area contributed by atoms with E-state index >= 15 is 0 Å². The van der Waals surface area contributed by atoms with Crippen LogP contribution in [0.2, 0.25) is 0 Å². The van der Waals surface area contributed by atoms with E-state index in [1.54, 1.807) is 0 Å². The quantitative estimate of drug-likeness (QED) is 0.242. The molecule has 118 valence electrons. The van der Waals surface area contributed by atoms with Crippen molar-refractivity contribution in [3.05, 3.63) is 0 Å². The third kappa shape index (κ3) is 8.81. The normalized spacial score (nSPS) is 15.6. The van der Waals surface area contributed by atoms with Crippen LogP contribution in [0.3, 0.4) is 0 Å². The van der Waals surface area contributed by atoms with Crippen molar-refractivity contribution in [3.8, 4) is 0 Å². The fourth-order valence-corrected chi connectivity index (χ4v) is 1.64. The van der Waals surface area contributed by atoms with Crippen molar-refractivity contribution in [1.82, 2.24) is 5.32 Å². The number of carboxylic acid groups (broad SMARTS) is 2. The molecule has 0 spiro atoms. The van der Waals surface area contributed by atoms with Crippen molar-refractivity contribution in [1.29, 1.82) is 0 Å². The van der Waals surface area contributed by atoms with Crippen LogP contribution >= 0.6 is 0 Å². The number of rotatable bonds is 12. The molecule has 2 unspecified atom stereocenters. The van der Waals surface area contributed by atoms with Crippen molar-refractivity contribution < 1.29 is 24.9 Å². The highest BCUT2D eigenvalue weighted by Gasteiger charge is 2.20. The molecule has 0 saturated heterocycles. The molecule has 20 heavy (non-hydrogen) atoms. The van der Waals surface area contributed by atoms with Crippen molar-refractivity contribution >= 4 is 11.9 Å². The summed E-state index contributed by atoms with van der Waals surface area (Å²) in [6.07, 6.45) is 1.90. The summed E-state index contributed by atoms with van der Waals surface area (Å²) in [5.41, 5.74) is 10.6. The molecule has 0 aromatic heterocycles. The zero-order valence-electron chi connectivity index (χ0n) is 11.5. The summed E-state index contributed by atoms with van der Waals surface area (Å²) in [6, 6.07) is -2.05. The van der Waals surface area contributed by atoms with Gasteiger partial charge < -0.3 is 32.1 Å². The van der Waals surface area contributed by atoms with Gasteiger partial charge >= 0.3 is 11.9 Å². The van der Waals surface area contributed by atoms with Crippen molar-refractivity contribution in [2.24, 2.45) is 11.5 Å². The van der Waals surface area contributed by atoms with Gasteiger partial charge in [-0.15, -0.1) is 0 Å². The topological polar surface area (TPSA) is 159 Å². The van der Waals surface area contributed by atoms with Crippen LogP contribution in [0.1, 0.15) is 32.1 Å². The predicted molar refractivity (Wildman–Crippen MR) is 73.2 cm³/mol. The SMILES string of the molecule is NC(CCCCNCCCC(O)[C@H](N)C(=O)O)C(=O)O. The maximum absolute atomic E-state index is 10.5. The van der Waals surface area contributed by atoms with Crippen molar-refractivity contribution in [3.63, 3.8) is 0 Å². The first-order valence-electron chi connectivity index (χ1n) is 6.71. The molecule has 8 nitrogen and oxygen atoms in total. The first-order chi connectivity index (χ1) is 9.36. The average Bonchev–Trinajstić information content (AvgIpc) is 2.39.